The highest BCUT2D eigenvalue weighted by atomic mass is 32.2. The third-order valence-corrected chi connectivity index (χ3v) is 5.64. The number of carbonyl (C=O) groups is 1. The molecule has 4 rings (SSSR count). The quantitative estimate of drug-likeness (QED) is 0.466. The number of ketones is 1. The number of nitrogens with one attached hydrogen (secondary N) is 3. The fourth-order valence-corrected chi connectivity index (χ4v) is 4.19. The Balaban J connectivity index is 1.76. The summed E-state index contributed by atoms with van der Waals surface area (Å²) in [5, 5.41) is 0.547. The number of rotatable bonds is 4. The Morgan fingerprint density at radius 1 is 1.07 bits per heavy atom. The predicted molar refractivity (Wildman–Crippen MR) is 101 cm³/mol. The minimum absolute atomic E-state index is 0.000475. The number of aryl methyl sites for hydroxylation is 1. The Morgan fingerprint density at radius 3 is 2.56 bits per heavy atom. The highest BCUT2D eigenvalue weighted by Crippen LogP contribution is 2.29. The zero-order chi connectivity index (χ0) is 19.3. The lowest BCUT2D eigenvalue weighted by atomic mass is 10.1. The van der Waals surface area contributed by atoms with E-state index in [1.54, 1.807) is 25.1 Å². The van der Waals surface area contributed by atoms with E-state index < -0.39 is 15.7 Å². The molecule has 2 aromatic heterocycles. The average Bonchev–Trinajstić information content (AvgIpc) is 3.11. The largest absolute Gasteiger partial charge is 0.461 e. The predicted octanol–water partition coefficient (Wildman–Crippen LogP) is 2.91. The van der Waals surface area contributed by atoms with Gasteiger partial charge in [0.2, 0.25) is 0 Å². The van der Waals surface area contributed by atoms with Crippen LogP contribution in [0.25, 0.3) is 22.0 Å². The molecular weight excluding hydrogens is 370 g/mol. The normalized spacial score (nSPS) is 11.9. The van der Waals surface area contributed by atoms with Crippen LogP contribution in [0.4, 0.5) is 5.69 Å². The first-order valence-electron chi connectivity index (χ1n) is 8.03. The second kappa shape index (κ2) is 5.85. The van der Waals surface area contributed by atoms with Gasteiger partial charge in [-0.15, -0.1) is 0 Å². The number of H-pyrrole nitrogens is 2. The third kappa shape index (κ3) is 2.91. The highest BCUT2D eigenvalue weighted by Gasteiger charge is 2.19. The third-order valence-electron chi connectivity index (χ3n) is 4.27. The van der Waals surface area contributed by atoms with Gasteiger partial charge in [-0.2, -0.15) is 0 Å². The summed E-state index contributed by atoms with van der Waals surface area (Å²) in [5.74, 6) is 0.326. The van der Waals surface area contributed by atoms with Crippen molar-refractivity contribution >= 4 is 43.5 Å². The van der Waals surface area contributed by atoms with Crippen molar-refractivity contribution in [1.82, 2.24) is 9.97 Å². The van der Waals surface area contributed by atoms with Crippen molar-refractivity contribution in [2.45, 2.75) is 18.7 Å². The van der Waals surface area contributed by atoms with Gasteiger partial charge in [-0.25, -0.2) is 13.2 Å². The number of imidazole rings is 1. The van der Waals surface area contributed by atoms with E-state index >= 15 is 0 Å². The Labute approximate surface area is 153 Å². The molecule has 9 heteroatoms. The monoisotopic (exact) mass is 385 g/mol. The molecule has 2 heterocycles. The minimum Gasteiger partial charge on any atom is -0.461 e. The molecule has 0 bridgehead atoms. The number of benzene rings is 2. The van der Waals surface area contributed by atoms with Crippen LogP contribution in [0.5, 0.6) is 0 Å². The Morgan fingerprint density at radius 2 is 1.81 bits per heavy atom. The van der Waals surface area contributed by atoms with Crippen LogP contribution in [0.2, 0.25) is 0 Å². The van der Waals surface area contributed by atoms with E-state index in [0.717, 1.165) is 0 Å². The van der Waals surface area contributed by atoms with Crippen LogP contribution in [-0.4, -0.2) is 24.2 Å². The first kappa shape index (κ1) is 17.1. The second-order valence-corrected chi connectivity index (χ2v) is 7.87. The number of Topliss-reactive ketones (excluding diaryl/α,β-unsaturated/α-hetero) is 1. The van der Waals surface area contributed by atoms with Crippen LogP contribution in [0, 0.1) is 6.92 Å². The molecule has 2 aromatic carbocycles. The molecule has 0 aliphatic rings. The summed E-state index contributed by atoms with van der Waals surface area (Å²) in [6, 6.07) is 9.02. The smallest absolute Gasteiger partial charge is 0.323 e. The number of sulfonamides is 1. The van der Waals surface area contributed by atoms with E-state index in [1.807, 2.05) is 0 Å². The SMILES string of the molecule is CC(=O)c1c(C)oc2ccc(NS(=O)(=O)c3ccc4[nH]c(=O)[nH]c4c3)cc12. The fourth-order valence-electron chi connectivity index (χ4n) is 3.11. The molecule has 0 fully saturated rings. The van der Waals surface area contributed by atoms with Crippen LogP contribution in [0.1, 0.15) is 23.0 Å². The summed E-state index contributed by atoms with van der Waals surface area (Å²) in [6.45, 7) is 3.12. The number of furan rings is 1. The van der Waals surface area contributed by atoms with Gasteiger partial charge >= 0.3 is 5.69 Å². The van der Waals surface area contributed by atoms with Crippen LogP contribution in [-0.2, 0) is 10.0 Å². The molecular formula is C18H15N3O5S. The molecule has 0 spiro atoms. The van der Waals surface area contributed by atoms with E-state index in [1.165, 1.54) is 25.1 Å². The highest BCUT2D eigenvalue weighted by molar-refractivity contribution is 7.92. The van der Waals surface area contributed by atoms with Crippen LogP contribution < -0.4 is 10.4 Å². The van der Waals surface area contributed by atoms with Gasteiger partial charge in [0.05, 0.1) is 21.5 Å². The number of hydrogen-bond donors (Lipinski definition) is 3. The Kier molecular flexibility index (Phi) is 3.70. The maximum atomic E-state index is 12.7. The molecule has 0 aliphatic heterocycles. The van der Waals surface area contributed by atoms with Crippen molar-refractivity contribution < 1.29 is 17.6 Å². The molecule has 0 saturated carbocycles. The molecule has 0 aliphatic carbocycles. The number of hydrogen-bond acceptors (Lipinski definition) is 5. The summed E-state index contributed by atoms with van der Waals surface area (Å²) in [5.41, 5.74) is 1.73. The lowest BCUT2D eigenvalue weighted by Gasteiger charge is -2.08. The van der Waals surface area contributed by atoms with Crippen LogP contribution >= 0.6 is 0 Å². The molecule has 0 unspecified atom stereocenters. The molecule has 0 atom stereocenters. The van der Waals surface area contributed by atoms with Crippen LogP contribution in [0.3, 0.4) is 0 Å². The van der Waals surface area contributed by atoms with Gasteiger partial charge in [0, 0.05) is 11.1 Å². The van der Waals surface area contributed by atoms with Crippen molar-refractivity contribution in [3.63, 3.8) is 0 Å². The molecule has 0 saturated heterocycles. The average molecular weight is 385 g/mol. The van der Waals surface area contributed by atoms with Gasteiger partial charge in [0.15, 0.2) is 5.78 Å². The topological polar surface area (TPSA) is 125 Å². The summed E-state index contributed by atoms with van der Waals surface area (Å²) in [7, 11) is -3.89. The first-order chi connectivity index (χ1) is 12.7. The number of carbonyl (C=O) groups excluding carboxylic acids is 1. The number of anilines is 1. The molecule has 3 N–H and O–H groups in total. The van der Waals surface area contributed by atoms with Gasteiger partial charge in [-0.05, 0) is 50.2 Å². The van der Waals surface area contributed by atoms with E-state index in [4.69, 9.17) is 4.42 Å². The van der Waals surface area contributed by atoms with E-state index in [0.29, 0.717) is 39.0 Å². The van der Waals surface area contributed by atoms with Crippen molar-refractivity contribution in [2.75, 3.05) is 4.72 Å². The number of aromatic amines is 2. The maximum absolute atomic E-state index is 12.7. The zero-order valence-electron chi connectivity index (χ0n) is 14.4. The molecule has 0 radical (unpaired) electrons. The maximum Gasteiger partial charge on any atom is 0.323 e. The van der Waals surface area contributed by atoms with Gasteiger partial charge in [-0.3, -0.25) is 9.52 Å². The van der Waals surface area contributed by atoms with Gasteiger partial charge < -0.3 is 14.4 Å². The number of fused-ring (bicyclic) bond motifs is 2. The van der Waals surface area contributed by atoms with Crippen molar-refractivity contribution in [3.8, 4) is 0 Å². The van der Waals surface area contributed by atoms with Crippen molar-refractivity contribution in [2.24, 2.45) is 0 Å². The molecule has 8 nitrogen and oxygen atoms in total. The van der Waals surface area contributed by atoms with E-state index in [-0.39, 0.29) is 10.7 Å². The fraction of sp³-hybridized carbons (Fsp3) is 0.111. The van der Waals surface area contributed by atoms with Crippen molar-refractivity contribution in [1.29, 1.82) is 0 Å². The molecule has 138 valence electrons. The summed E-state index contributed by atoms with van der Waals surface area (Å²) >= 11 is 0. The molecule has 4 aromatic rings. The van der Waals surface area contributed by atoms with E-state index in [9.17, 15) is 18.0 Å². The minimum atomic E-state index is -3.89. The van der Waals surface area contributed by atoms with Gasteiger partial charge in [-0.1, -0.05) is 0 Å². The Hall–Kier alpha value is -3.33. The van der Waals surface area contributed by atoms with Gasteiger partial charge in [0.25, 0.3) is 10.0 Å². The molecule has 27 heavy (non-hydrogen) atoms. The summed E-state index contributed by atoms with van der Waals surface area (Å²) in [4.78, 5) is 28.3. The summed E-state index contributed by atoms with van der Waals surface area (Å²) < 4.78 is 33.5. The standard InChI is InChI=1S/C18H15N3O5S/c1-9(22)17-10(2)26-16-6-3-11(7-13(16)17)21-27(24,25)12-4-5-14-15(8-12)20-18(23)19-14/h3-8,21H,1-2H3,(H2,19,20,23). The first-order valence-corrected chi connectivity index (χ1v) is 9.52. The lowest BCUT2D eigenvalue weighted by molar-refractivity contribution is 0.101. The van der Waals surface area contributed by atoms with Crippen LogP contribution in [0.15, 0.2) is 50.5 Å². The molecule has 0 amide bonds. The van der Waals surface area contributed by atoms with E-state index in [2.05, 4.69) is 14.7 Å². The Bertz CT molecular complexity index is 1380. The second-order valence-electron chi connectivity index (χ2n) is 6.19. The number of aromatic nitrogens is 2. The van der Waals surface area contributed by atoms with Crippen molar-refractivity contribution in [3.05, 3.63) is 58.2 Å². The van der Waals surface area contributed by atoms with Gasteiger partial charge in [0.1, 0.15) is 11.3 Å². The lowest BCUT2D eigenvalue weighted by Crippen LogP contribution is -2.12. The zero-order valence-corrected chi connectivity index (χ0v) is 15.2. The summed E-state index contributed by atoms with van der Waals surface area (Å²) in [6.07, 6.45) is 0.